The van der Waals surface area contributed by atoms with Gasteiger partial charge in [-0.2, -0.15) is 0 Å². The Labute approximate surface area is 146 Å². The molecule has 5 heteroatoms. The zero-order valence-electron chi connectivity index (χ0n) is 13.3. The van der Waals surface area contributed by atoms with E-state index in [9.17, 15) is 4.79 Å². The second kappa shape index (κ2) is 7.69. The molecule has 1 heterocycles. The van der Waals surface area contributed by atoms with Crippen molar-refractivity contribution in [1.29, 1.82) is 0 Å². The number of amides is 1. The molecule has 1 fully saturated rings. The maximum absolute atomic E-state index is 10.9. The van der Waals surface area contributed by atoms with Crippen LogP contribution in [0.1, 0.15) is 18.4 Å². The molecule has 0 aromatic heterocycles. The average Bonchev–Trinajstić information content (AvgIpc) is 2.61. The number of halogens is 1. The predicted molar refractivity (Wildman–Crippen MR) is 94.3 cm³/mol. The third kappa shape index (κ3) is 4.08. The average molecular weight is 346 g/mol. The molecule has 2 aromatic rings. The van der Waals surface area contributed by atoms with E-state index in [1.807, 2.05) is 36.4 Å². The molecule has 24 heavy (non-hydrogen) atoms. The minimum absolute atomic E-state index is 0.110. The Hall–Kier alpha value is -2.04. The lowest BCUT2D eigenvalue weighted by atomic mass is 10.00. The van der Waals surface area contributed by atoms with Crippen LogP contribution in [0.4, 0.5) is 4.79 Å². The van der Waals surface area contributed by atoms with Crippen LogP contribution in [0.3, 0.4) is 0 Å². The Morgan fingerprint density at radius 1 is 1.12 bits per heavy atom. The molecule has 3 rings (SSSR count). The van der Waals surface area contributed by atoms with Gasteiger partial charge in [-0.15, -0.1) is 0 Å². The SMILES string of the molecule is O=C(O)N1CCC(OCc2ccccc2-c2ccc(Cl)cc2)CC1. The number of likely N-dealkylation sites (tertiary alicyclic amines) is 1. The van der Waals surface area contributed by atoms with Crippen molar-refractivity contribution in [2.75, 3.05) is 13.1 Å². The van der Waals surface area contributed by atoms with E-state index < -0.39 is 6.09 Å². The number of rotatable bonds is 4. The smallest absolute Gasteiger partial charge is 0.407 e. The van der Waals surface area contributed by atoms with E-state index in [4.69, 9.17) is 21.4 Å². The number of carboxylic acid groups (broad SMARTS) is 1. The maximum Gasteiger partial charge on any atom is 0.407 e. The summed E-state index contributed by atoms with van der Waals surface area (Å²) in [7, 11) is 0. The number of piperidine rings is 1. The van der Waals surface area contributed by atoms with Gasteiger partial charge in [0.25, 0.3) is 0 Å². The molecular weight excluding hydrogens is 326 g/mol. The molecular formula is C19H20ClNO3. The fourth-order valence-electron chi connectivity index (χ4n) is 2.98. The number of benzene rings is 2. The monoisotopic (exact) mass is 345 g/mol. The Morgan fingerprint density at radius 3 is 2.46 bits per heavy atom. The van der Waals surface area contributed by atoms with Gasteiger partial charge in [0.05, 0.1) is 12.7 Å². The van der Waals surface area contributed by atoms with Crippen LogP contribution < -0.4 is 0 Å². The van der Waals surface area contributed by atoms with Gasteiger partial charge >= 0.3 is 6.09 Å². The van der Waals surface area contributed by atoms with Gasteiger partial charge in [0.15, 0.2) is 0 Å². The van der Waals surface area contributed by atoms with E-state index in [2.05, 4.69) is 12.1 Å². The highest BCUT2D eigenvalue weighted by Gasteiger charge is 2.22. The molecule has 0 unspecified atom stereocenters. The Bertz CT molecular complexity index is 694. The van der Waals surface area contributed by atoms with Crippen LogP contribution in [0.25, 0.3) is 11.1 Å². The van der Waals surface area contributed by atoms with Crippen LogP contribution in [-0.4, -0.2) is 35.3 Å². The quantitative estimate of drug-likeness (QED) is 0.876. The second-order valence-corrected chi connectivity index (χ2v) is 6.38. The predicted octanol–water partition coefficient (Wildman–Crippen LogP) is 4.67. The van der Waals surface area contributed by atoms with E-state index in [0.29, 0.717) is 19.7 Å². The highest BCUT2D eigenvalue weighted by atomic mass is 35.5. The molecule has 0 aliphatic carbocycles. The van der Waals surface area contributed by atoms with Crippen molar-refractivity contribution in [3.63, 3.8) is 0 Å². The first-order valence-corrected chi connectivity index (χ1v) is 8.44. The lowest BCUT2D eigenvalue weighted by Gasteiger charge is -2.30. The van der Waals surface area contributed by atoms with Gasteiger partial charge in [-0.25, -0.2) is 4.79 Å². The van der Waals surface area contributed by atoms with E-state index in [1.165, 1.54) is 4.90 Å². The van der Waals surface area contributed by atoms with Crippen molar-refractivity contribution in [2.24, 2.45) is 0 Å². The first-order valence-electron chi connectivity index (χ1n) is 8.07. The normalized spacial score (nSPS) is 15.5. The Balaban J connectivity index is 1.64. The highest BCUT2D eigenvalue weighted by Crippen LogP contribution is 2.26. The number of hydrogen-bond acceptors (Lipinski definition) is 2. The summed E-state index contributed by atoms with van der Waals surface area (Å²) in [5.41, 5.74) is 3.37. The van der Waals surface area contributed by atoms with Crippen molar-refractivity contribution >= 4 is 17.7 Å². The third-order valence-corrected chi connectivity index (χ3v) is 4.61. The minimum Gasteiger partial charge on any atom is -0.465 e. The zero-order chi connectivity index (χ0) is 16.9. The summed E-state index contributed by atoms with van der Waals surface area (Å²) >= 11 is 5.97. The standard InChI is InChI=1S/C19H20ClNO3/c20-16-7-5-14(6-8-16)18-4-2-1-3-15(18)13-24-17-9-11-21(12-10-17)19(22)23/h1-8,17H,9-13H2,(H,22,23). The molecule has 1 N–H and O–H groups in total. The molecule has 0 saturated carbocycles. The minimum atomic E-state index is -0.846. The van der Waals surface area contributed by atoms with Gasteiger partial charge < -0.3 is 14.7 Å². The van der Waals surface area contributed by atoms with Crippen LogP contribution in [0.15, 0.2) is 48.5 Å². The van der Waals surface area contributed by atoms with E-state index >= 15 is 0 Å². The fourth-order valence-corrected chi connectivity index (χ4v) is 3.10. The lowest BCUT2D eigenvalue weighted by Crippen LogP contribution is -2.40. The fraction of sp³-hybridized carbons (Fsp3) is 0.316. The van der Waals surface area contributed by atoms with Crippen molar-refractivity contribution in [3.8, 4) is 11.1 Å². The van der Waals surface area contributed by atoms with Crippen LogP contribution in [-0.2, 0) is 11.3 Å². The molecule has 0 bridgehead atoms. The van der Waals surface area contributed by atoms with Crippen molar-refractivity contribution < 1.29 is 14.6 Å². The maximum atomic E-state index is 10.9. The van der Waals surface area contributed by atoms with Gasteiger partial charge in [0, 0.05) is 18.1 Å². The lowest BCUT2D eigenvalue weighted by molar-refractivity contribution is 0.000543. The Morgan fingerprint density at radius 2 is 1.79 bits per heavy atom. The molecule has 1 aliphatic heterocycles. The van der Waals surface area contributed by atoms with Crippen molar-refractivity contribution in [2.45, 2.75) is 25.6 Å². The van der Waals surface area contributed by atoms with E-state index in [-0.39, 0.29) is 6.10 Å². The molecule has 0 spiro atoms. The summed E-state index contributed by atoms with van der Waals surface area (Å²) in [6, 6.07) is 15.9. The summed E-state index contributed by atoms with van der Waals surface area (Å²) in [5.74, 6) is 0. The van der Waals surface area contributed by atoms with Gasteiger partial charge in [0.2, 0.25) is 0 Å². The second-order valence-electron chi connectivity index (χ2n) is 5.94. The summed E-state index contributed by atoms with van der Waals surface area (Å²) in [6.07, 6.45) is 0.755. The molecule has 1 saturated heterocycles. The van der Waals surface area contributed by atoms with Crippen molar-refractivity contribution in [1.82, 2.24) is 4.90 Å². The summed E-state index contributed by atoms with van der Waals surface area (Å²) in [6.45, 7) is 1.61. The zero-order valence-corrected chi connectivity index (χ0v) is 14.1. The topological polar surface area (TPSA) is 49.8 Å². The molecule has 1 aliphatic rings. The molecule has 2 aromatic carbocycles. The summed E-state index contributed by atoms with van der Waals surface area (Å²) < 4.78 is 6.04. The van der Waals surface area contributed by atoms with Gasteiger partial charge in [-0.05, 0) is 41.7 Å². The van der Waals surface area contributed by atoms with Crippen molar-refractivity contribution in [3.05, 3.63) is 59.1 Å². The summed E-state index contributed by atoms with van der Waals surface area (Å²) in [5, 5.41) is 9.71. The van der Waals surface area contributed by atoms with Gasteiger partial charge in [0.1, 0.15) is 0 Å². The van der Waals surface area contributed by atoms with Crippen LogP contribution in [0, 0.1) is 0 Å². The largest absolute Gasteiger partial charge is 0.465 e. The molecule has 4 nitrogen and oxygen atoms in total. The molecule has 0 atom stereocenters. The van der Waals surface area contributed by atoms with E-state index in [1.54, 1.807) is 0 Å². The van der Waals surface area contributed by atoms with Crippen LogP contribution in [0.2, 0.25) is 5.02 Å². The molecule has 0 radical (unpaired) electrons. The van der Waals surface area contributed by atoms with Crippen LogP contribution >= 0.6 is 11.6 Å². The first-order chi connectivity index (χ1) is 11.6. The Kier molecular flexibility index (Phi) is 5.38. The number of carbonyl (C=O) groups is 1. The summed E-state index contributed by atoms with van der Waals surface area (Å²) in [4.78, 5) is 12.4. The van der Waals surface area contributed by atoms with Crippen LogP contribution in [0.5, 0.6) is 0 Å². The number of hydrogen-bond donors (Lipinski definition) is 1. The molecule has 126 valence electrons. The van der Waals surface area contributed by atoms with Gasteiger partial charge in [-0.3, -0.25) is 0 Å². The van der Waals surface area contributed by atoms with Gasteiger partial charge in [-0.1, -0.05) is 48.0 Å². The number of ether oxygens (including phenoxy) is 1. The highest BCUT2D eigenvalue weighted by molar-refractivity contribution is 6.30. The first kappa shape index (κ1) is 16.8. The van der Waals surface area contributed by atoms with E-state index in [0.717, 1.165) is 34.6 Å². The third-order valence-electron chi connectivity index (χ3n) is 4.36. The molecule has 1 amide bonds. The number of nitrogens with zero attached hydrogens (tertiary/aromatic N) is 1.